The van der Waals surface area contributed by atoms with Crippen molar-refractivity contribution in [3.63, 3.8) is 0 Å². The van der Waals surface area contributed by atoms with Crippen molar-refractivity contribution in [2.45, 2.75) is 32.4 Å². The molecule has 118 valence electrons. The predicted octanol–water partition coefficient (Wildman–Crippen LogP) is 2.09. The maximum absolute atomic E-state index is 4.70. The normalized spacial score (nSPS) is 18.7. The third-order valence-electron chi connectivity index (χ3n) is 3.76. The highest BCUT2D eigenvalue weighted by molar-refractivity contribution is 8.00. The molecule has 1 aliphatic heterocycles. The van der Waals surface area contributed by atoms with E-state index < -0.39 is 0 Å². The van der Waals surface area contributed by atoms with Crippen LogP contribution < -0.4 is 15.1 Å². The van der Waals surface area contributed by atoms with Crippen molar-refractivity contribution >= 4 is 29.6 Å². The molecule has 1 aliphatic rings. The zero-order valence-corrected chi connectivity index (χ0v) is 14.3. The van der Waals surface area contributed by atoms with E-state index in [9.17, 15) is 0 Å². The van der Waals surface area contributed by atoms with E-state index in [-0.39, 0.29) is 0 Å². The number of rotatable bonds is 6. The van der Waals surface area contributed by atoms with E-state index >= 15 is 0 Å². The van der Waals surface area contributed by atoms with Crippen LogP contribution in [0.4, 0.5) is 17.8 Å². The van der Waals surface area contributed by atoms with Gasteiger partial charge in [-0.2, -0.15) is 26.7 Å². The first-order chi connectivity index (χ1) is 10.2. The lowest BCUT2D eigenvalue weighted by Crippen LogP contribution is -2.39. The second kappa shape index (κ2) is 7.68. The highest BCUT2D eigenvalue weighted by Crippen LogP contribution is 2.25. The molecule has 6 nitrogen and oxygen atoms in total. The van der Waals surface area contributed by atoms with Crippen molar-refractivity contribution in [2.24, 2.45) is 0 Å². The Bertz CT molecular complexity index is 451. The van der Waals surface area contributed by atoms with Crippen molar-refractivity contribution in [2.75, 3.05) is 54.1 Å². The molecular weight excluding hydrogens is 284 g/mol. The Morgan fingerprint density at radius 1 is 1.24 bits per heavy atom. The molecule has 7 heteroatoms. The van der Waals surface area contributed by atoms with E-state index in [0.29, 0.717) is 11.2 Å². The highest BCUT2D eigenvalue weighted by Gasteiger charge is 2.22. The molecule has 1 fully saturated rings. The van der Waals surface area contributed by atoms with Crippen LogP contribution in [0.1, 0.15) is 27.2 Å². The number of anilines is 3. The average Bonchev–Trinajstić information content (AvgIpc) is 2.55. The summed E-state index contributed by atoms with van der Waals surface area (Å²) in [7, 11) is 1.85. The lowest BCUT2D eigenvalue weighted by molar-refractivity contribution is 0.703. The van der Waals surface area contributed by atoms with E-state index in [2.05, 4.69) is 57.6 Å². The van der Waals surface area contributed by atoms with Crippen LogP contribution >= 0.6 is 11.8 Å². The summed E-state index contributed by atoms with van der Waals surface area (Å²) in [5, 5.41) is 3.73. The van der Waals surface area contributed by atoms with Gasteiger partial charge in [-0.3, -0.25) is 0 Å². The molecule has 1 N–H and O–H groups in total. The van der Waals surface area contributed by atoms with Gasteiger partial charge in [0.15, 0.2) is 0 Å². The molecule has 0 bridgehead atoms. The topological polar surface area (TPSA) is 57.2 Å². The van der Waals surface area contributed by atoms with Crippen LogP contribution in [0.15, 0.2) is 0 Å². The zero-order valence-electron chi connectivity index (χ0n) is 13.5. The first-order valence-corrected chi connectivity index (χ1v) is 8.81. The van der Waals surface area contributed by atoms with Gasteiger partial charge in [0, 0.05) is 44.2 Å². The lowest BCUT2D eigenvalue weighted by atomic mass is 10.3. The monoisotopic (exact) mass is 310 g/mol. The Kier molecular flexibility index (Phi) is 5.90. The molecule has 0 spiro atoms. The number of hydrogen-bond acceptors (Lipinski definition) is 7. The largest absolute Gasteiger partial charge is 0.357 e. The van der Waals surface area contributed by atoms with Gasteiger partial charge in [0.1, 0.15) is 0 Å². The standard InChI is InChI=1S/C14H26N6S/c1-5-11-10-20(8-9-21-11)14-17-12(15-4)16-13(18-14)19(6-2)7-3/h11H,5-10H2,1-4H3,(H,15,16,17,18). The Morgan fingerprint density at radius 3 is 2.62 bits per heavy atom. The van der Waals surface area contributed by atoms with Crippen molar-refractivity contribution in [3.05, 3.63) is 0 Å². The lowest BCUT2D eigenvalue weighted by Gasteiger charge is -2.32. The minimum atomic E-state index is 0.646. The summed E-state index contributed by atoms with van der Waals surface area (Å²) in [6, 6.07) is 0. The van der Waals surface area contributed by atoms with Crippen LogP contribution in [0.25, 0.3) is 0 Å². The second-order valence-corrected chi connectivity index (χ2v) is 6.44. The minimum Gasteiger partial charge on any atom is -0.357 e. The molecule has 1 unspecified atom stereocenters. The molecule has 21 heavy (non-hydrogen) atoms. The summed E-state index contributed by atoms with van der Waals surface area (Å²) in [5.41, 5.74) is 0. The van der Waals surface area contributed by atoms with Gasteiger partial charge in [0.05, 0.1) is 0 Å². The number of thioether (sulfide) groups is 1. The zero-order chi connectivity index (χ0) is 15.2. The molecule has 1 saturated heterocycles. The van der Waals surface area contributed by atoms with Gasteiger partial charge in [-0.15, -0.1) is 0 Å². The fraction of sp³-hybridized carbons (Fsp3) is 0.786. The Balaban J connectivity index is 2.27. The molecular formula is C14H26N6S. The summed E-state index contributed by atoms with van der Waals surface area (Å²) in [6.07, 6.45) is 1.19. The molecule has 0 radical (unpaired) electrons. The number of aromatic nitrogens is 3. The fourth-order valence-corrected chi connectivity index (χ4v) is 3.58. The molecule has 2 heterocycles. The van der Waals surface area contributed by atoms with E-state index in [4.69, 9.17) is 4.98 Å². The van der Waals surface area contributed by atoms with Crippen LogP contribution in [0, 0.1) is 0 Å². The minimum absolute atomic E-state index is 0.646. The first kappa shape index (κ1) is 16.1. The van der Waals surface area contributed by atoms with Crippen molar-refractivity contribution in [3.8, 4) is 0 Å². The van der Waals surface area contributed by atoms with Gasteiger partial charge < -0.3 is 15.1 Å². The quantitative estimate of drug-likeness (QED) is 0.863. The van der Waals surface area contributed by atoms with Crippen molar-refractivity contribution in [1.82, 2.24) is 15.0 Å². The van der Waals surface area contributed by atoms with Crippen LogP contribution in [-0.4, -0.2) is 59.2 Å². The number of hydrogen-bond donors (Lipinski definition) is 1. The molecule has 2 rings (SSSR count). The predicted molar refractivity (Wildman–Crippen MR) is 91.7 cm³/mol. The SMILES string of the molecule is CCC1CN(c2nc(NC)nc(N(CC)CC)n2)CCS1. The summed E-state index contributed by atoms with van der Waals surface area (Å²) in [5.74, 6) is 3.35. The molecule has 0 amide bonds. The molecule has 1 aromatic heterocycles. The molecule has 0 aliphatic carbocycles. The smallest absolute Gasteiger partial charge is 0.232 e. The Hall–Kier alpha value is -1.24. The van der Waals surface area contributed by atoms with Gasteiger partial charge in [0.2, 0.25) is 17.8 Å². The summed E-state index contributed by atoms with van der Waals surface area (Å²) < 4.78 is 0. The van der Waals surface area contributed by atoms with Crippen molar-refractivity contribution < 1.29 is 0 Å². The summed E-state index contributed by atoms with van der Waals surface area (Å²) in [6.45, 7) is 10.3. The highest BCUT2D eigenvalue weighted by atomic mass is 32.2. The molecule has 1 atom stereocenters. The summed E-state index contributed by atoms with van der Waals surface area (Å²) in [4.78, 5) is 18.2. The van der Waals surface area contributed by atoms with Gasteiger partial charge in [0.25, 0.3) is 0 Å². The summed E-state index contributed by atoms with van der Waals surface area (Å²) >= 11 is 2.05. The van der Waals surface area contributed by atoms with E-state index in [1.807, 2.05) is 7.05 Å². The maximum Gasteiger partial charge on any atom is 0.232 e. The average molecular weight is 310 g/mol. The van der Waals surface area contributed by atoms with Crippen LogP contribution in [0.3, 0.4) is 0 Å². The Labute approximate surface area is 131 Å². The van der Waals surface area contributed by atoms with Gasteiger partial charge in [-0.25, -0.2) is 0 Å². The van der Waals surface area contributed by atoms with Crippen molar-refractivity contribution in [1.29, 1.82) is 0 Å². The third-order valence-corrected chi connectivity index (χ3v) is 5.13. The van der Waals surface area contributed by atoms with Gasteiger partial charge >= 0.3 is 0 Å². The molecule has 1 aromatic rings. The van der Waals surface area contributed by atoms with E-state index in [0.717, 1.165) is 43.8 Å². The molecule has 0 saturated carbocycles. The van der Waals surface area contributed by atoms with Gasteiger partial charge in [-0.05, 0) is 20.3 Å². The first-order valence-electron chi connectivity index (χ1n) is 7.77. The number of nitrogens with one attached hydrogen (secondary N) is 1. The number of nitrogens with zero attached hydrogens (tertiary/aromatic N) is 5. The van der Waals surface area contributed by atoms with E-state index in [1.54, 1.807) is 0 Å². The molecule has 0 aromatic carbocycles. The van der Waals surface area contributed by atoms with Crippen LogP contribution in [0.5, 0.6) is 0 Å². The van der Waals surface area contributed by atoms with Crippen LogP contribution in [0.2, 0.25) is 0 Å². The van der Waals surface area contributed by atoms with Crippen LogP contribution in [-0.2, 0) is 0 Å². The van der Waals surface area contributed by atoms with E-state index in [1.165, 1.54) is 6.42 Å². The Morgan fingerprint density at radius 2 is 2.00 bits per heavy atom. The fourth-order valence-electron chi connectivity index (χ4n) is 2.40. The second-order valence-electron chi connectivity index (χ2n) is 5.03. The maximum atomic E-state index is 4.70. The third kappa shape index (κ3) is 3.90. The van der Waals surface area contributed by atoms with Gasteiger partial charge in [-0.1, -0.05) is 6.92 Å².